The number of carbonyl (C=O) groups excluding carboxylic acids is 1. The van der Waals surface area contributed by atoms with E-state index < -0.39 is 0 Å². The van der Waals surface area contributed by atoms with Crippen molar-refractivity contribution in [1.82, 2.24) is 0 Å². The largest absolute Gasteiger partial charge is 0.469 e. The fraction of sp³-hybridized carbons (Fsp3) is 0.800. The third-order valence-corrected chi connectivity index (χ3v) is 3.54. The maximum Gasteiger partial charge on any atom is 0.310 e. The average Bonchev–Trinajstić information content (AvgIpc) is 2.74. The highest BCUT2D eigenvalue weighted by Crippen LogP contribution is 2.52. The van der Waals surface area contributed by atoms with Gasteiger partial charge in [-0.2, -0.15) is 5.26 Å². The molecule has 2 saturated carbocycles. The fourth-order valence-corrected chi connectivity index (χ4v) is 2.95. The second-order valence-corrected chi connectivity index (χ2v) is 4.04. The van der Waals surface area contributed by atoms with Crippen molar-refractivity contribution in [3.63, 3.8) is 0 Å². The number of fused-ring (bicyclic) bond motifs is 2. The predicted molar refractivity (Wildman–Crippen MR) is 45.4 cm³/mol. The SMILES string of the molecule is COC(=O)[C@H]1[C@H]2CC[C@H](C2)[C@H]1C#N. The standard InChI is InChI=1S/C10H13NO2/c1-13-10(12)9-7-3-2-6(4-7)8(9)5-11/h6-9H,2-4H2,1H3/t6-,7+,8-,9+/m1/s1. The van der Waals surface area contributed by atoms with Gasteiger partial charge in [-0.1, -0.05) is 0 Å². The Kier molecular flexibility index (Phi) is 1.99. The zero-order valence-corrected chi connectivity index (χ0v) is 7.69. The number of nitriles is 1. The van der Waals surface area contributed by atoms with Gasteiger partial charge in [0.15, 0.2) is 0 Å². The molecule has 2 aliphatic rings. The van der Waals surface area contributed by atoms with Gasteiger partial charge in [-0.15, -0.1) is 0 Å². The van der Waals surface area contributed by atoms with Crippen molar-refractivity contribution in [3.05, 3.63) is 0 Å². The van der Waals surface area contributed by atoms with Crippen LogP contribution in [0.5, 0.6) is 0 Å². The summed E-state index contributed by atoms with van der Waals surface area (Å²) >= 11 is 0. The molecule has 70 valence electrons. The summed E-state index contributed by atoms with van der Waals surface area (Å²) in [5.74, 6) is 0.486. The highest BCUT2D eigenvalue weighted by atomic mass is 16.5. The molecule has 0 spiro atoms. The molecule has 2 rings (SSSR count). The Hall–Kier alpha value is -1.04. The molecule has 0 saturated heterocycles. The van der Waals surface area contributed by atoms with Crippen LogP contribution < -0.4 is 0 Å². The lowest BCUT2D eigenvalue weighted by Gasteiger charge is -2.23. The summed E-state index contributed by atoms with van der Waals surface area (Å²) in [5.41, 5.74) is 0. The summed E-state index contributed by atoms with van der Waals surface area (Å²) in [6.45, 7) is 0. The fourth-order valence-electron chi connectivity index (χ4n) is 2.95. The van der Waals surface area contributed by atoms with Crippen LogP contribution in [0.2, 0.25) is 0 Å². The molecule has 0 aromatic carbocycles. The first-order valence-corrected chi connectivity index (χ1v) is 4.75. The molecular weight excluding hydrogens is 166 g/mol. The zero-order chi connectivity index (χ0) is 9.42. The van der Waals surface area contributed by atoms with Crippen molar-refractivity contribution < 1.29 is 9.53 Å². The molecule has 0 aliphatic heterocycles. The van der Waals surface area contributed by atoms with Gasteiger partial charge >= 0.3 is 5.97 Å². The van der Waals surface area contributed by atoms with Gasteiger partial charge in [0.2, 0.25) is 0 Å². The number of hydrogen-bond acceptors (Lipinski definition) is 3. The van der Waals surface area contributed by atoms with Gasteiger partial charge in [0, 0.05) is 0 Å². The molecule has 0 aromatic heterocycles. The molecule has 0 radical (unpaired) electrons. The number of hydrogen-bond donors (Lipinski definition) is 0. The summed E-state index contributed by atoms with van der Waals surface area (Å²) < 4.78 is 4.73. The number of esters is 1. The van der Waals surface area contributed by atoms with E-state index in [4.69, 9.17) is 10.00 Å². The second-order valence-electron chi connectivity index (χ2n) is 4.04. The van der Waals surface area contributed by atoms with Crippen LogP contribution in [0.1, 0.15) is 19.3 Å². The average molecular weight is 179 g/mol. The molecule has 4 atom stereocenters. The van der Waals surface area contributed by atoms with Crippen LogP contribution in [0, 0.1) is 35.0 Å². The monoisotopic (exact) mass is 179 g/mol. The lowest BCUT2D eigenvalue weighted by molar-refractivity contribution is -0.148. The van der Waals surface area contributed by atoms with Crippen LogP contribution in [0.15, 0.2) is 0 Å². The van der Waals surface area contributed by atoms with Gasteiger partial charge in [0.1, 0.15) is 0 Å². The summed E-state index contributed by atoms with van der Waals surface area (Å²) in [6.07, 6.45) is 3.27. The number of carbonyl (C=O) groups is 1. The van der Waals surface area contributed by atoms with Gasteiger partial charge in [0.25, 0.3) is 0 Å². The summed E-state index contributed by atoms with van der Waals surface area (Å²) in [7, 11) is 1.41. The van der Waals surface area contributed by atoms with Crippen LogP contribution >= 0.6 is 0 Å². The summed E-state index contributed by atoms with van der Waals surface area (Å²) in [4.78, 5) is 11.4. The Morgan fingerprint density at radius 2 is 2.15 bits per heavy atom. The Balaban J connectivity index is 2.19. The number of methoxy groups -OCH3 is 1. The normalized spacial score (nSPS) is 41.5. The third kappa shape index (κ3) is 1.13. The van der Waals surface area contributed by atoms with E-state index in [1.165, 1.54) is 7.11 Å². The van der Waals surface area contributed by atoms with Crippen molar-refractivity contribution in [2.45, 2.75) is 19.3 Å². The van der Waals surface area contributed by atoms with Crippen LogP contribution in [-0.2, 0) is 9.53 Å². The number of nitrogens with zero attached hydrogens (tertiary/aromatic N) is 1. The predicted octanol–water partition coefficient (Wildman–Crippen LogP) is 1.35. The van der Waals surface area contributed by atoms with Crippen molar-refractivity contribution in [3.8, 4) is 6.07 Å². The molecule has 0 heterocycles. The van der Waals surface area contributed by atoms with Gasteiger partial charge in [-0.05, 0) is 31.1 Å². The molecule has 0 aromatic rings. The van der Waals surface area contributed by atoms with E-state index in [9.17, 15) is 4.79 Å². The van der Waals surface area contributed by atoms with Crippen LogP contribution in [-0.4, -0.2) is 13.1 Å². The van der Waals surface area contributed by atoms with Gasteiger partial charge in [-0.3, -0.25) is 4.79 Å². The van der Waals surface area contributed by atoms with Gasteiger partial charge in [-0.25, -0.2) is 0 Å². The molecule has 2 fully saturated rings. The quantitative estimate of drug-likeness (QED) is 0.571. The molecule has 3 heteroatoms. The molecule has 13 heavy (non-hydrogen) atoms. The molecular formula is C10H13NO2. The summed E-state index contributed by atoms with van der Waals surface area (Å²) in [5, 5.41) is 8.95. The first-order valence-electron chi connectivity index (χ1n) is 4.75. The van der Waals surface area contributed by atoms with E-state index in [1.54, 1.807) is 0 Å². The molecule has 2 aliphatic carbocycles. The highest BCUT2D eigenvalue weighted by molar-refractivity contribution is 5.74. The molecule has 3 nitrogen and oxygen atoms in total. The van der Waals surface area contributed by atoms with E-state index in [1.807, 2.05) is 0 Å². The molecule has 0 N–H and O–H groups in total. The minimum Gasteiger partial charge on any atom is -0.469 e. The highest BCUT2D eigenvalue weighted by Gasteiger charge is 2.51. The lowest BCUT2D eigenvalue weighted by atomic mass is 9.80. The molecule has 2 bridgehead atoms. The maximum absolute atomic E-state index is 11.4. The van der Waals surface area contributed by atoms with E-state index in [-0.39, 0.29) is 17.8 Å². The van der Waals surface area contributed by atoms with E-state index >= 15 is 0 Å². The summed E-state index contributed by atoms with van der Waals surface area (Å²) in [6, 6.07) is 2.26. The number of rotatable bonds is 1. The van der Waals surface area contributed by atoms with E-state index in [0.29, 0.717) is 11.8 Å². The topological polar surface area (TPSA) is 50.1 Å². The van der Waals surface area contributed by atoms with Crippen molar-refractivity contribution >= 4 is 5.97 Å². The first-order chi connectivity index (χ1) is 6.27. The molecule has 0 amide bonds. The lowest BCUT2D eigenvalue weighted by Crippen LogP contribution is -2.29. The Morgan fingerprint density at radius 1 is 1.46 bits per heavy atom. The van der Waals surface area contributed by atoms with Crippen LogP contribution in [0.25, 0.3) is 0 Å². The minimum absolute atomic E-state index is 0.0776. The Bertz CT molecular complexity index is 269. The smallest absolute Gasteiger partial charge is 0.310 e. The van der Waals surface area contributed by atoms with Gasteiger partial charge < -0.3 is 4.74 Å². The zero-order valence-electron chi connectivity index (χ0n) is 7.69. The third-order valence-electron chi connectivity index (χ3n) is 3.54. The van der Waals surface area contributed by atoms with Crippen LogP contribution in [0.4, 0.5) is 0 Å². The van der Waals surface area contributed by atoms with E-state index in [2.05, 4.69) is 6.07 Å². The van der Waals surface area contributed by atoms with E-state index in [0.717, 1.165) is 19.3 Å². The van der Waals surface area contributed by atoms with Crippen LogP contribution in [0.3, 0.4) is 0 Å². The van der Waals surface area contributed by atoms with Gasteiger partial charge in [0.05, 0.1) is 25.0 Å². The van der Waals surface area contributed by atoms with Crippen molar-refractivity contribution in [2.24, 2.45) is 23.7 Å². The Labute approximate surface area is 77.7 Å². The number of ether oxygens (including phenoxy) is 1. The first kappa shape index (κ1) is 8.55. The maximum atomic E-state index is 11.4. The second kappa shape index (κ2) is 3.02. The molecule has 0 unspecified atom stereocenters. The Morgan fingerprint density at radius 3 is 2.77 bits per heavy atom. The van der Waals surface area contributed by atoms with Crippen molar-refractivity contribution in [2.75, 3.05) is 7.11 Å². The minimum atomic E-state index is -0.182. The van der Waals surface area contributed by atoms with Crippen molar-refractivity contribution in [1.29, 1.82) is 5.26 Å².